The summed E-state index contributed by atoms with van der Waals surface area (Å²) in [6, 6.07) is 21.3. The molecule has 0 unspecified atom stereocenters. The number of ether oxygens (including phenoxy) is 1. The van der Waals surface area contributed by atoms with Crippen LogP contribution in [0.1, 0.15) is 47.8 Å². The van der Waals surface area contributed by atoms with Gasteiger partial charge in [0.05, 0.1) is 26.9 Å². The van der Waals surface area contributed by atoms with Gasteiger partial charge in [0.1, 0.15) is 10.7 Å². The third kappa shape index (κ3) is 4.97. The van der Waals surface area contributed by atoms with Crippen molar-refractivity contribution in [1.29, 1.82) is 0 Å². The predicted molar refractivity (Wildman–Crippen MR) is 163 cm³/mol. The van der Waals surface area contributed by atoms with Gasteiger partial charge in [-0.15, -0.1) is 0 Å². The molecule has 0 aliphatic carbocycles. The van der Waals surface area contributed by atoms with Crippen LogP contribution in [0.3, 0.4) is 0 Å². The number of thiocarbonyl (C=S) groups is 1. The standard InChI is InChI=1S/C31H26FNO3S3/c1-5-36-29(35)26-25(19-10-7-6-8-11-19)38-30(39-26)24-22-16-18(2)14-15-23(22)33(31(3,4)27(24)37)28(34)20-12-9-13-21(32)17-20/h6-17H,5H2,1-4H3. The summed E-state index contributed by atoms with van der Waals surface area (Å²) in [6.07, 6.45) is 0. The van der Waals surface area contributed by atoms with Crippen LogP contribution < -0.4 is 4.90 Å². The van der Waals surface area contributed by atoms with Crippen LogP contribution in [-0.4, -0.2) is 28.9 Å². The molecule has 8 heteroatoms. The first-order valence-electron chi connectivity index (χ1n) is 12.5. The van der Waals surface area contributed by atoms with E-state index < -0.39 is 11.4 Å². The van der Waals surface area contributed by atoms with E-state index in [0.29, 0.717) is 15.5 Å². The molecule has 5 rings (SSSR count). The summed E-state index contributed by atoms with van der Waals surface area (Å²) in [7, 11) is 0. The molecule has 3 aromatic rings. The first-order chi connectivity index (χ1) is 18.6. The third-order valence-corrected chi connectivity index (χ3v) is 9.91. The number of anilines is 1. The predicted octanol–water partition coefficient (Wildman–Crippen LogP) is 8.02. The lowest BCUT2D eigenvalue weighted by atomic mass is 9.82. The number of carbonyl (C=O) groups is 2. The molecule has 0 saturated heterocycles. The average Bonchev–Trinajstić information content (AvgIpc) is 3.35. The minimum atomic E-state index is -0.913. The molecule has 0 atom stereocenters. The maximum atomic E-state index is 14.1. The van der Waals surface area contributed by atoms with Gasteiger partial charge in [0.15, 0.2) is 0 Å². The van der Waals surface area contributed by atoms with Gasteiger partial charge < -0.3 is 4.74 Å². The van der Waals surface area contributed by atoms with Crippen molar-refractivity contribution >= 4 is 68.6 Å². The first-order valence-corrected chi connectivity index (χ1v) is 14.5. The van der Waals surface area contributed by atoms with Crippen LogP contribution in [0, 0.1) is 12.7 Å². The topological polar surface area (TPSA) is 46.6 Å². The molecular formula is C31H26FNO3S3. The van der Waals surface area contributed by atoms with E-state index in [4.69, 9.17) is 17.0 Å². The molecule has 0 radical (unpaired) electrons. The van der Waals surface area contributed by atoms with Gasteiger partial charge in [0.25, 0.3) is 5.91 Å². The number of benzene rings is 3. The lowest BCUT2D eigenvalue weighted by molar-refractivity contribution is -0.137. The highest BCUT2D eigenvalue weighted by molar-refractivity contribution is 8.32. The number of hydrogen-bond acceptors (Lipinski definition) is 6. The van der Waals surface area contributed by atoms with Crippen LogP contribution >= 0.6 is 35.7 Å². The Hall–Kier alpha value is -3.20. The number of aryl methyl sites for hydroxylation is 1. The Bertz CT molecular complexity index is 1580. The average molecular weight is 576 g/mol. The fourth-order valence-electron chi connectivity index (χ4n) is 4.70. The maximum absolute atomic E-state index is 14.1. The molecule has 0 N–H and O–H groups in total. The molecule has 0 saturated carbocycles. The maximum Gasteiger partial charge on any atom is 0.346 e. The smallest absolute Gasteiger partial charge is 0.346 e. The summed E-state index contributed by atoms with van der Waals surface area (Å²) in [5, 5.41) is 0. The SMILES string of the molecule is CCOC(=O)C1=C(c2ccccc2)SC(=C2C(=S)C(C)(C)N(C(=O)c3cccc(F)c3)c3ccc(C)cc32)S1. The minimum Gasteiger partial charge on any atom is -0.462 e. The summed E-state index contributed by atoms with van der Waals surface area (Å²) >= 11 is 8.97. The Morgan fingerprint density at radius 2 is 1.74 bits per heavy atom. The van der Waals surface area contributed by atoms with Crippen LogP contribution in [0.5, 0.6) is 0 Å². The fourth-order valence-corrected chi connectivity index (χ4v) is 7.83. The number of esters is 1. The molecule has 2 heterocycles. The van der Waals surface area contributed by atoms with Crippen molar-refractivity contribution in [3.63, 3.8) is 0 Å². The van der Waals surface area contributed by atoms with Gasteiger partial charge in [-0.25, -0.2) is 9.18 Å². The monoisotopic (exact) mass is 575 g/mol. The van der Waals surface area contributed by atoms with Crippen molar-refractivity contribution in [2.45, 2.75) is 33.2 Å². The van der Waals surface area contributed by atoms with E-state index in [0.717, 1.165) is 31.4 Å². The highest BCUT2D eigenvalue weighted by Crippen LogP contribution is 2.58. The lowest BCUT2D eigenvalue weighted by Crippen LogP contribution is -2.56. The normalized spacial score (nSPS) is 18.3. The zero-order chi connectivity index (χ0) is 27.9. The van der Waals surface area contributed by atoms with Gasteiger partial charge >= 0.3 is 5.97 Å². The molecular weight excluding hydrogens is 550 g/mol. The van der Waals surface area contributed by atoms with Crippen molar-refractivity contribution in [2.24, 2.45) is 0 Å². The zero-order valence-corrected chi connectivity index (χ0v) is 24.4. The number of carbonyl (C=O) groups excluding carboxylic acids is 2. The van der Waals surface area contributed by atoms with Gasteiger partial charge in [0.2, 0.25) is 0 Å². The van der Waals surface area contributed by atoms with Crippen molar-refractivity contribution in [3.05, 3.63) is 110 Å². The van der Waals surface area contributed by atoms with Crippen LogP contribution in [-0.2, 0) is 9.53 Å². The number of thioether (sulfide) groups is 2. The van der Waals surface area contributed by atoms with Crippen molar-refractivity contribution in [3.8, 4) is 0 Å². The molecule has 39 heavy (non-hydrogen) atoms. The van der Waals surface area contributed by atoms with E-state index in [1.165, 1.54) is 41.7 Å². The molecule has 2 aliphatic rings. The van der Waals surface area contributed by atoms with Gasteiger partial charge in [-0.05, 0) is 63.6 Å². The number of nitrogens with zero attached hydrogens (tertiary/aromatic N) is 1. The number of amides is 1. The summed E-state index contributed by atoms with van der Waals surface area (Å²) in [4.78, 5) is 30.4. The van der Waals surface area contributed by atoms with Gasteiger partial charge in [-0.3, -0.25) is 9.69 Å². The highest BCUT2D eigenvalue weighted by Gasteiger charge is 2.46. The number of halogens is 1. The molecule has 0 bridgehead atoms. The Balaban J connectivity index is 1.68. The number of hydrogen-bond donors (Lipinski definition) is 0. The van der Waals surface area contributed by atoms with Crippen LogP contribution in [0.15, 0.2) is 81.9 Å². The molecule has 0 spiro atoms. The second-order valence-electron chi connectivity index (χ2n) is 9.67. The molecule has 198 valence electrons. The summed E-state index contributed by atoms with van der Waals surface area (Å²) in [5.74, 6) is -1.19. The lowest BCUT2D eigenvalue weighted by Gasteiger charge is -2.45. The Labute approximate surface area is 241 Å². The van der Waals surface area contributed by atoms with Gasteiger partial charge in [-0.1, -0.05) is 83.8 Å². The molecule has 0 fully saturated rings. The summed E-state index contributed by atoms with van der Waals surface area (Å²) < 4.78 is 20.3. The molecule has 3 aromatic carbocycles. The van der Waals surface area contributed by atoms with Crippen molar-refractivity contribution in [2.75, 3.05) is 11.5 Å². The Morgan fingerprint density at radius 1 is 1.00 bits per heavy atom. The molecule has 2 aliphatic heterocycles. The van der Waals surface area contributed by atoms with E-state index in [1.54, 1.807) is 17.9 Å². The Kier molecular flexibility index (Phi) is 7.55. The van der Waals surface area contributed by atoms with E-state index in [2.05, 4.69) is 0 Å². The largest absolute Gasteiger partial charge is 0.462 e. The minimum absolute atomic E-state index is 0.246. The number of rotatable bonds is 4. The molecule has 0 aromatic heterocycles. The third-order valence-electron chi connectivity index (χ3n) is 6.58. The van der Waals surface area contributed by atoms with Crippen LogP contribution in [0.4, 0.5) is 10.1 Å². The van der Waals surface area contributed by atoms with Crippen LogP contribution in [0.2, 0.25) is 0 Å². The zero-order valence-electron chi connectivity index (χ0n) is 21.9. The summed E-state index contributed by atoms with van der Waals surface area (Å²) in [6.45, 7) is 7.84. The molecule has 4 nitrogen and oxygen atoms in total. The quantitative estimate of drug-likeness (QED) is 0.178. The number of fused-ring (bicyclic) bond motifs is 1. The van der Waals surface area contributed by atoms with E-state index in [9.17, 15) is 14.0 Å². The second kappa shape index (κ2) is 10.8. The van der Waals surface area contributed by atoms with Gasteiger partial charge in [-0.2, -0.15) is 0 Å². The summed E-state index contributed by atoms with van der Waals surface area (Å²) in [5.41, 5.74) is 3.56. The Morgan fingerprint density at radius 3 is 2.44 bits per heavy atom. The first kappa shape index (κ1) is 27.4. The van der Waals surface area contributed by atoms with Crippen LogP contribution in [0.25, 0.3) is 10.5 Å². The van der Waals surface area contributed by atoms with Crippen molar-refractivity contribution in [1.82, 2.24) is 0 Å². The van der Waals surface area contributed by atoms with Crippen molar-refractivity contribution < 1.29 is 18.7 Å². The highest BCUT2D eigenvalue weighted by atomic mass is 32.2. The fraction of sp³-hybridized carbons (Fsp3) is 0.194. The second-order valence-corrected chi connectivity index (χ2v) is 12.4. The van der Waals surface area contributed by atoms with Gasteiger partial charge in [0, 0.05) is 21.6 Å². The van der Waals surface area contributed by atoms with E-state index in [-0.39, 0.29) is 24.0 Å². The van der Waals surface area contributed by atoms with E-state index in [1.807, 2.05) is 69.3 Å². The van der Waals surface area contributed by atoms with E-state index >= 15 is 0 Å². The molecule has 1 amide bonds.